The molecule has 29 heavy (non-hydrogen) atoms. The Hall–Kier alpha value is -3.63. The lowest BCUT2D eigenvalue weighted by molar-refractivity contribution is 0.0174. The van der Waals surface area contributed by atoms with Gasteiger partial charge in [0.05, 0.1) is 0 Å². The lowest BCUT2D eigenvalue weighted by Crippen LogP contribution is -2.34. The highest BCUT2D eigenvalue weighted by Crippen LogP contribution is 2.42. The Morgan fingerprint density at radius 3 is 2.41 bits per heavy atom. The summed E-state index contributed by atoms with van der Waals surface area (Å²) in [4.78, 5) is 14.1. The van der Waals surface area contributed by atoms with Crippen molar-refractivity contribution in [1.29, 1.82) is 0 Å². The van der Waals surface area contributed by atoms with E-state index < -0.39 is 6.23 Å². The average Bonchev–Trinajstić information content (AvgIpc) is 3.14. The molecule has 0 saturated heterocycles. The van der Waals surface area contributed by atoms with Crippen LogP contribution in [0.15, 0.2) is 77.2 Å². The molecule has 4 heteroatoms. The molecule has 1 aromatic heterocycles. The summed E-state index contributed by atoms with van der Waals surface area (Å²) in [6.07, 6.45) is -0.948. The zero-order valence-electron chi connectivity index (χ0n) is 15.7. The van der Waals surface area contributed by atoms with E-state index in [1.807, 2.05) is 60.7 Å². The van der Waals surface area contributed by atoms with E-state index in [1.54, 1.807) is 7.05 Å². The van der Waals surface area contributed by atoms with Gasteiger partial charge in [-0.3, -0.25) is 4.79 Å². The molecule has 0 fully saturated rings. The molecule has 0 saturated carbocycles. The van der Waals surface area contributed by atoms with Crippen LogP contribution in [0.25, 0.3) is 43.8 Å². The molecule has 1 aliphatic rings. The smallest absolute Gasteiger partial charge is 0.256 e. The van der Waals surface area contributed by atoms with Crippen molar-refractivity contribution in [2.24, 2.45) is 0 Å². The number of nitrogens with zero attached hydrogens (tertiary/aromatic N) is 1. The van der Waals surface area contributed by atoms with Gasteiger partial charge >= 0.3 is 0 Å². The van der Waals surface area contributed by atoms with Gasteiger partial charge in [0.15, 0.2) is 6.23 Å². The number of rotatable bonds is 1. The highest BCUT2D eigenvalue weighted by Gasteiger charge is 2.31. The second-order valence-electron chi connectivity index (χ2n) is 7.50. The fourth-order valence-corrected chi connectivity index (χ4v) is 4.53. The maximum Gasteiger partial charge on any atom is 0.256 e. The average molecular weight is 379 g/mol. The number of benzene rings is 4. The number of aliphatic hydroxyl groups excluding tert-OH is 1. The Labute approximate surface area is 166 Å². The molecule has 1 aliphatic heterocycles. The highest BCUT2D eigenvalue weighted by atomic mass is 16.3. The number of carbonyl (C=O) groups excluding carboxylic acids is 1. The van der Waals surface area contributed by atoms with Gasteiger partial charge < -0.3 is 14.4 Å². The van der Waals surface area contributed by atoms with Crippen molar-refractivity contribution >= 4 is 38.6 Å². The third kappa shape index (κ3) is 2.09. The molecule has 2 heterocycles. The normalized spacial score (nSPS) is 16.3. The summed E-state index contributed by atoms with van der Waals surface area (Å²) in [6, 6.07) is 23.8. The van der Waals surface area contributed by atoms with Crippen molar-refractivity contribution in [1.82, 2.24) is 4.90 Å². The molecule has 1 N–H and O–H groups in total. The van der Waals surface area contributed by atoms with Crippen LogP contribution >= 0.6 is 0 Å². The predicted molar refractivity (Wildman–Crippen MR) is 114 cm³/mol. The second-order valence-corrected chi connectivity index (χ2v) is 7.50. The number of carbonyl (C=O) groups is 1. The van der Waals surface area contributed by atoms with Crippen LogP contribution < -0.4 is 0 Å². The minimum Gasteiger partial charge on any atom is -0.455 e. The van der Waals surface area contributed by atoms with Crippen molar-refractivity contribution in [2.75, 3.05) is 7.05 Å². The van der Waals surface area contributed by atoms with Crippen molar-refractivity contribution in [3.05, 3.63) is 83.9 Å². The molecular weight excluding hydrogens is 362 g/mol. The van der Waals surface area contributed by atoms with Crippen LogP contribution in [0.5, 0.6) is 0 Å². The quantitative estimate of drug-likeness (QED) is 0.419. The fourth-order valence-electron chi connectivity index (χ4n) is 4.53. The number of hydrogen-bond acceptors (Lipinski definition) is 3. The predicted octanol–water partition coefficient (Wildman–Crippen LogP) is 5.48. The maximum atomic E-state index is 12.7. The Balaban J connectivity index is 1.72. The van der Waals surface area contributed by atoms with Crippen LogP contribution in [0.3, 0.4) is 0 Å². The van der Waals surface area contributed by atoms with Crippen LogP contribution in [-0.2, 0) is 0 Å². The van der Waals surface area contributed by atoms with Gasteiger partial charge in [-0.05, 0) is 23.1 Å². The van der Waals surface area contributed by atoms with Gasteiger partial charge in [-0.25, -0.2) is 0 Å². The minimum atomic E-state index is -0.948. The van der Waals surface area contributed by atoms with E-state index in [2.05, 4.69) is 12.1 Å². The van der Waals surface area contributed by atoms with Gasteiger partial charge in [0.1, 0.15) is 11.2 Å². The third-order valence-corrected chi connectivity index (χ3v) is 5.96. The number of fused-ring (bicyclic) bond motifs is 3. The van der Waals surface area contributed by atoms with Crippen molar-refractivity contribution < 1.29 is 14.3 Å². The standard InChI is InChI=1S/C25H17NO3/c1-26-24(27)19-10-4-7-16-14(12-13-20(22(16)19)25(26)28)17-8-5-9-18-15-6-2-3-11-21(15)29-23(17)18/h2-13,24,27H,1H3. The molecule has 1 amide bonds. The van der Waals surface area contributed by atoms with Gasteiger partial charge in [0.25, 0.3) is 5.91 Å². The number of amides is 1. The number of aliphatic hydroxyl groups is 1. The molecular formula is C25H17NO3. The van der Waals surface area contributed by atoms with E-state index in [0.717, 1.165) is 49.4 Å². The Morgan fingerprint density at radius 1 is 0.793 bits per heavy atom. The summed E-state index contributed by atoms with van der Waals surface area (Å²) in [6.45, 7) is 0. The van der Waals surface area contributed by atoms with Crippen LogP contribution in [-0.4, -0.2) is 23.0 Å². The molecule has 0 aliphatic carbocycles. The molecule has 4 nitrogen and oxygen atoms in total. The fraction of sp³-hybridized carbons (Fsp3) is 0.0800. The number of furan rings is 1. The molecule has 140 valence electrons. The van der Waals surface area contributed by atoms with Crippen molar-refractivity contribution in [3.8, 4) is 11.1 Å². The third-order valence-electron chi connectivity index (χ3n) is 5.96. The Morgan fingerprint density at radius 2 is 1.52 bits per heavy atom. The lowest BCUT2D eigenvalue weighted by atomic mass is 9.88. The minimum absolute atomic E-state index is 0.172. The topological polar surface area (TPSA) is 53.7 Å². The summed E-state index contributed by atoms with van der Waals surface area (Å²) < 4.78 is 6.22. The number of hydrogen-bond donors (Lipinski definition) is 1. The van der Waals surface area contributed by atoms with Gasteiger partial charge in [-0.2, -0.15) is 0 Å². The first-order valence-corrected chi connectivity index (χ1v) is 9.56. The molecule has 5 aromatic rings. The Bertz CT molecular complexity index is 1460. The number of para-hydroxylation sites is 2. The first kappa shape index (κ1) is 16.3. The van der Waals surface area contributed by atoms with E-state index >= 15 is 0 Å². The van der Waals surface area contributed by atoms with Gasteiger partial charge in [0, 0.05) is 39.9 Å². The largest absolute Gasteiger partial charge is 0.455 e. The summed E-state index contributed by atoms with van der Waals surface area (Å²) in [5.41, 5.74) is 5.00. The van der Waals surface area contributed by atoms with E-state index in [9.17, 15) is 9.90 Å². The van der Waals surface area contributed by atoms with Crippen LogP contribution in [0, 0.1) is 0 Å². The van der Waals surface area contributed by atoms with Crippen LogP contribution in [0.2, 0.25) is 0 Å². The van der Waals surface area contributed by atoms with E-state index in [1.165, 1.54) is 4.90 Å². The zero-order valence-corrected chi connectivity index (χ0v) is 15.7. The molecule has 1 atom stereocenters. The molecule has 0 spiro atoms. The zero-order chi connectivity index (χ0) is 19.7. The van der Waals surface area contributed by atoms with Crippen molar-refractivity contribution in [2.45, 2.75) is 6.23 Å². The molecule has 0 radical (unpaired) electrons. The maximum absolute atomic E-state index is 12.7. The summed E-state index contributed by atoms with van der Waals surface area (Å²) in [5.74, 6) is -0.172. The van der Waals surface area contributed by atoms with E-state index in [-0.39, 0.29) is 5.91 Å². The van der Waals surface area contributed by atoms with E-state index in [0.29, 0.717) is 5.56 Å². The lowest BCUT2D eigenvalue weighted by Gasteiger charge is -2.31. The molecule has 4 aromatic carbocycles. The molecule has 6 rings (SSSR count). The monoisotopic (exact) mass is 379 g/mol. The van der Waals surface area contributed by atoms with Gasteiger partial charge in [-0.1, -0.05) is 60.7 Å². The SMILES string of the molecule is CN1C(=O)c2ccc(-c3cccc4c3oc3ccccc34)c3cccc(c23)C1O. The highest BCUT2D eigenvalue weighted by molar-refractivity contribution is 6.17. The molecule has 0 bridgehead atoms. The summed E-state index contributed by atoms with van der Waals surface area (Å²) in [7, 11) is 1.62. The van der Waals surface area contributed by atoms with Crippen LogP contribution in [0.4, 0.5) is 0 Å². The van der Waals surface area contributed by atoms with Crippen molar-refractivity contribution in [3.63, 3.8) is 0 Å². The second kappa shape index (κ2) is 5.69. The van der Waals surface area contributed by atoms with Gasteiger partial charge in [0.2, 0.25) is 0 Å². The first-order chi connectivity index (χ1) is 14.1. The summed E-state index contributed by atoms with van der Waals surface area (Å²) >= 11 is 0. The first-order valence-electron chi connectivity index (χ1n) is 9.56. The Kier molecular flexibility index (Phi) is 3.20. The van der Waals surface area contributed by atoms with E-state index in [4.69, 9.17) is 4.42 Å². The summed E-state index contributed by atoms with van der Waals surface area (Å²) in [5, 5.41) is 14.5. The molecule has 1 unspecified atom stereocenters. The van der Waals surface area contributed by atoms with Crippen LogP contribution in [0.1, 0.15) is 22.1 Å². The van der Waals surface area contributed by atoms with Gasteiger partial charge in [-0.15, -0.1) is 0 Å².